The number of hydrogen-bond donors (Lipinski definition) is 1. The summed E-state index contributed by atoms with van der Waals surface area (Å²) in [6, 6.07) is 8.86. The van der Waals surface area contributed by atoms with E-state index < -0.39 is 0 Å². The van der Waals surface area contributed by atoms with Crippen LogP contribution in [-0.2, 0) is 18.4 Å². The minimum absolute atomic E-state index is 0.201. The summed E-state index contributed by atoms with van der Waals surface area (Å²) in [5, 5.41) is 3.20. The van der Waals surface area contributed by atoms with E-state index >= 15 is 0 Å². The van der Waals surface area contributed by atoms with Crippen LogP contribution in [0.25, 0.3) is 0 Å². The fourth-order valence-electron chi connectivity index (χ4n) is 4.03. The molecule has 4 rings (SSSR count). The van der Waals surface area contributed by atoms with Gasteiger partial charge in [0, 0.05) is 11.6 Å². The van der Waals surface area contributed by atoms with Crippen LogP contribution >= 0.6 is 11.3 Å². The molecule has 1 fully saturated rings. The predicted octanol–water partition coefficient (Wildman–Crippen LogP) is 3.12. The lowest BCUT2D eigenvalue weighted by Crippen LogP contribution is -2.46. The second kappa shape index (κ2) is 4.15. The first-order valence-electron chi connectivity index (χ1n) is 7.04. The molecule has 2 bridgehead atoms. The number of hydrogen-bond acceptors (Lipinski definition) is 3. The first-order valence-corrected chi connectivity index (χ1v) is 7.92. The Hall–Kier alpha value is -1.19. The number of aromatic nitrogens is 1. The molecule has 98 valence electrons. The molecule has 0 radical (unpaired) electrons. The van der Waals surface area contributed by atoms with Crippen LogP contribution in [0.15, 0.2) is 35.8 Å². The Kier molecular flexibility index (Phi) is 2.54. The quantitative estimate of drug-likeness (QED) is 0.864. The van der Waals surface area contributed by atoms with Gasteiger partial charge < -0.3 is 5.73 Å². The van der Waals surface area contributed by atoms with E-state index in [1.54, 1.807) is 11.3 Å². The van der Waals surface area contributed by atoms with Crippen molar-refractivity contribution in [3.8, 4) is 0 Å². The van der Waals surface area contributed by atoms with E-state index in [1.165, 1.54) is 24.0 Å². The Morgan fingerprint density at radius 1 is 1.11 bits per heavy atom. The van der Waals surface area contributed by atoms with Gasteiger partial charge in [-0.3, -0.25) is 0 Å². The molecule has 1 heterocycles. The van der Waals surface area contributed by atoms with Crippen molar-refractivity contribution in [2.75, 3.05) is 0 Å². The summed E-state index contributed by atoms with van der Waals surface area (Å²) in [6.07, 6.45) is 6.61. The molecule has 2 aliphatic carbocycles. The first kappa shape index (κ1) is 11.6. The highest BCUT2D eigenvalue weighted by Gasteiger charge is 2.51. The highest BCUT2D eigenvalue weighted by atomic mass is 32.1. The zero-order chi connectivity index (χ0) is 12.9. The maximum absolute atomic E-state index is 6.90. The minimum Gasteiger partial charge on any atom is -0.319 e. The molecular weight excluding hydrogens is 252 g/mol. The largest absolute Gasteiger partial charge is 0.319 e. The van der Waals surface area contributed by atoms with Crippen molar-refractivity contribution in [2.45, 2.75) is 31.2 Å². The van der Waals surface area contributed by atoms with Crippen molar-refractivity contribution in [3.05, 3.63) is 52.0 Å². The number of rotatable bonds is 1. The van der Waals surface area contributed by atoms with Gasteiger partial charge in [-0.05, 0) is 48.6 Å². The number of benzene rings is 1. The van der Waals surface area contributed by atoms with Gasteiger partial charge in [0.25, 0.3) is 0 Å². The van der Waals surface area contributed by atoms with Crippen LogP contribution in [0.4, 0.5) is 0 Å². The Morgan fingerprint density at radius 2 is 1.74 bits per heavy atom. The molecule has 0 amide bonds. The molecule has 1 aromatic carbocycles. The average molecular weight is 270 g/mol. The average Bonchev–Trinajstić information content (AvgIpc) is 2.99. The van der Waals surface area contributed by atoms with Crippen molar-refractivity contribution in [2.24, 2.45) is 17.6 Å². The predicted molar refractivity (Wildman–Crippen MR) is 78.0 cm³/mol. The molecular formula is C16H18N2S. The molecule has 2 N–H and O–H groups in total. The first-order chi connectivity index (χ1) is 9.28. The molecule has 2 aromatic rings. The van der Waals surface area contributed by atoms with Crippen molar-refractivity contribution in [3.63, 3.8) is 0 Å². The maximum Gasteiger partial charge on any atom is 0.113 e. The Balaban J connectivity index is 1.82. The highest BCUT2D eigenvalue weighted by molar-refractivity contribution is 7.09. The van der Waals surface area contributed by atoms with Gasteiger partial charge in [-0.15, -0.1) is 11.3 Å². The van der Waals surface area contributed by atoms with Crippen molar-refractivity contribution >= 4 is 11.3 Å². The van der Waals surface area contributed by atoms with Crippen LogP contribution in [0.5, 0.6) is 0 Å². The van der Waals surface area contributed by atoms with Gasteiger partial charge in [0.2, 0.25) is 0 Å². The lowest BCUT2D eigenvalue weighted by Gasteiger charge is -2.33. The van der Waals surface area contributed by atoms with E-state index in [4.69, 9.17) is 5.73 Å². The normalized spacial score (nSPS) is 32.9. The number of fused-ring (bicyclic) bond motifs is 3. The number of thiazole rings is 1. The number of nitrogens with zero attached hydrogens (tertiary/aromatic N) is 1. The van der Waals surface area contributed by atoms with Gasteiger partial charge in [-0.25, -0.2) is 4.98 Å². The summed E-state index contributed by atoms with van der Waals surface area (Å²) in [4.78, 5) is 4.55. The Labute approximate surface area is 117 Å². The van der Waals surface area contributed by atoms with E-state index in [0.29, 0.717) is 11.8 Å². The molecule has 2 unspecified atom stereocenters. The molecule has 0 aliphatic heterocycles. The van der Waals surface area contributed by atoms with Crippen LogP contribution < -0.4 is 5.73 Å². The molecule has 1 aromatic heterocycles. The second-order valence-corrected chi connectivity index (χ2v) is 6.81. The molecule has 0 saturated heterocycles. The fourth-order valence-corrected chi connectivity index (χ4v) is 4.94. The van der Waals surface area contributed by atoms with Gasteiger partial charge in [-0.1, -0.05) is 24.3 Å². The van der Waals surface area contributed by atoms with Crippen LogP contribution in [0.3, 0.4) is 0 Å². The monoisotopic (exact) mass is 270 g/mol. The van der Waals surface area contributed by atoms with Gasteiger partial charge in [0.15, 0.2) is 0 Å². The zero-order valence-corrected chi connectivity index (χ0v) is 11.7. The molecule has 3 heteroatoms. The smallest absolute Gasteiger partial charge is 0.113 e. The summed E-state index contributed by atoms with van der Waals surface area (Å²) in [5.74, 6) is 1.10. The van der Waals surface area contributed by atoms with Gasteiger partial charge in [0.1, 0.15) is 5.01 Å². The topological polar surface area (TPSA) is 38.9 Å². The van der Waals surface area contributed by atoms with E-state index in [-0.39, 0.29) is 5.54 Å². The lowest BCUT2D eigenvalue weighted by atomic mass is 9.80. The van der Waals surface area contributed by atoms with E-state index in [1.807, 2.05) is 6.20 Å². The fraction of sp³-hybridized carbons (Fsp3) is 0.438. The van der Waals surface area contributed by atoms with Crippen molar-refractivity contribution < 1.29 is 0 Å². The van der Waals surface area contributed by atoms with Crippen LogP contribution in [0.1, 0.15) is 29.0 Å². The van der Waals surface area contributed by atoms with Crippen LogP contribution in [0.2, 0.25) is 0 Å². The Morgan fingerprint density at radius 3 is 2.26 bits per heavy atom. The third-order valence-electron chi connectivity index (χ3n) is 5.07. The van der Waals surface area contributed by atoms with E-state index in [9.17, 15) is 0 Å². The molecule has 2 atom stereocenters. The molecule has 0 spiro atoms. The lowest BCUT2D eigenvalue weighted by molar-refractivity contribution is 0.254. The second-order valence-electron chi connectivity index (χ2n) is 5.92. The number of nitrogens with two attached hydrogens (primary N) is 1. The minimum atomic E-state index is -0.201. The molecule has 2 aliphatic rings. The van der Waals surface area contributed by atoms with Crippen molar-refractivity contribution in [1.82, 2.24) is 4.98 Å². The van der Waals surface area contributed by atoms with Crippen molar-refractivity contribution in [1.29, 1.82) is 0 Å². The summed E-state index contributed by atoms with van der Waals surface area (Å²) in [5.41, 5.74) is 9.70. The molecule has 2 nitrogen and oxygen atoms in total. The van der Waals surface area contributed by atoms with Gasteiger partial charge in [0.05, 0.1) is 5.54 Å². The summed E-state index contributed by atoms with van der Waals surface area (Å²) < 4.78 is 0. The third kappa shape index (κ3) is 1.61. The van der Waals surface area contributed by atoms with Gasteiger partial charge in [-0.2, -0.15) is 0 Å². The third-order valence-corrected chi connectivity index (χ3v) is 6.01. The van der Waals surface area contributed by atoms with E-state index in [2.05, 4.69) is 34.6 Å². The van der Waals surface area contributed by atoms with Gasteiger partial charge >= 0.3 is 0 Å². The summed E-state index contributed by atoms with van der Waals surface area (Å²) >= 11 is 1.73. The highest BCUT2D eigenvalue weighted by Crippen LogP contribution is 2.51. The Bertz CT molecular complexity index is 558. The standard InChI is InChI=1S/C16H18N2S/c17-16(15-18-7-8-19-15)13-5-6-14(16)10-12-4-2-1-3-11(12)9-13/h1-4,7-8,13-14H,5-6,9-10,17H2. The summed E-state index contributed by atoms with van der Waals surface area (Å²) in [7, 11) is 0. The van der Waals surface area contributed by atoms with Crippen LogP contribution in [-0.4, -0.2) is 4.98 Å². The van der Waals surface area contributed by atoms with E-state index in [0.717, 1.165) is 17.8 Å². The molecule has 19 heavy (non-hydrogen) atoms. The zero-order valence-electron chi connectivity index (χ0n) is 10.9. The SMILES string of the molecule is NC1(c2nccs2)C2CCC1Cc1ccccc1C2. The summed E-state index contributed by atoms with van der Waals surface area (Å²) in [6.45, 7) is 0. The molecule has 1 saturated carbocycles. The van der Waals surface area contributed by atoms with Crippen LogP contribution in [0, 0.1) is 11.8 Å². The maximum atomic E-state index is 6.90.